The largest absolute Gasteiger partial charge is 0.308 e. The molecule has 3 rings (SSSR count). The summed E-state index contributed by atoms with van der Waals surface area (Å²) < 4.78 is 27.9. The minimum absolute atomic E-state index is 0.0289. The minimum Gasteiger partial charge on any atom is -0.308 e. The number of hydrogen-bond acceptors (Lipinski definition) is 4. The van der Waals surface area contributed by atoms with Crippen molar-refractivity contribution in [2.24, 2.45) is 0 Å². The quantitative estimate of drug-likeness (QED) is 0.566. The summed E-state index contributed by atoms with van der Waals surface area (Å²) in [6.07, 6.45) is 0. The highest BCUT2D eigenvalue weighted by molar-refractivity contribution is 7.22. The maximum Gasteiger partial charge on any atom is 0.261 e. The number of benzene rings is 2. The van der Waals surface area contributed by atoms with Gasteiger partial charge in [-0.25, -0.2) is 13.8 Å². The normalized spacial score (nSPS) is 11.4. The van der Waals surface area contributed by atoms with Gasteiger partial charge in [-0.05, 0) is 38.4 Å². The van der Waals surface area contributed by atoms with Gasteiger partial charge in [0.2, 0.25) is 0 Å². The Morgan fingerprint density at radius 1 is 1.15 bits per heavy atom. The Morgan fingerprint density at radius 3 is 2.56 bits per heavy atom. The molecule has 0 bridgehead atoms. The molecule has 0 unspecified atom stereocenters. The molecule has 0 atom stereocenters. The van der Waals surface area contributed by atoms with Gasteiger partial charge in [0.25, 0.3) is 5.91 Å². The molecule has 0 radical (unpaired) electrons. The number of anilines is 1. The van der Waals surface area contributed by atoms with Crippen molar-refractivity contribution in [1.82, 2.24) is 9.88 Å². The Morgan fingerprint density at radius 2 is 1.89 bits per heavy atom. The van der Waals surface area contributed by atoms with Crippen molar-refractivity contribution in [2.45, 2.75) is 0 Å². The van der Waals surface area contributed by atoms with Crippen molar-refractivity contribution >= 4 is 55.8 Å². The number of carbonyl (C=O) groups is 1. The maximum atomic E-state index is 14.0. The first-order valence-electron chi connectivity index (χ1n) is 7.93. The molecule has 4 nitrogen and oxygen atoms in total. The third-order valence-electron chi connectivity index (χ3n) is 3.81. The van der Waals surface area contributed by atoms with Crippen LogP contribution in [0.2, 0.25) is 10.0 Å². The number of likely N-dealkylation sites (N-methyl/N-ethyl adjacent to an activating group) is 1. The van der Waals surface area contributed by atoms with Crippen molar-refractivity contribution in [3.05, 3.63) is 57.6 Å². The Bertz CT molecular complexity index is 1010. The maximum absolute atomic E-state index is 14.0. The third-order valence-corrected chi connectivity index (χ3v) is 5.38. The van der Waals surface area contributed by atoms with Gasteiger partial charge in [0.1, 0.15) is 11.3 Å². The number of halogens is 4. The van der Waals surface area contributed by atoms with E-state index in [1.807, 2.05) is 19.0 Å². The van der Waals surface area contributed by atoms with Crippen LogP contribution in [0.1, 0.15) is 10.4 Å². The van der Waals surface area contributed by atoms with Crippen molar-refractivity contribution < 1.29 is 13.6 Å². The zero-order valence-corrected chi connectivity index (χ0v) is 16.8. The first-order valence-corrected chi connectivity index (χ1v) is 9.50. The van der Waals surface area contributed by atoms with Crippen LogP contribution in [0.4, 0.5) is 13.9 Å². The molecular weight excluding hydrogens is 415 g/mol. The van der Waals surface area contributed by atoms with Crippen molar-refractivity contribution in [2.75, 3.05) is 32.1 Å². The molecular formula is C18H15Cl2F2N3OS. The lowest BCUT2D eigenvalue weighted by molar-refractivity contribution is 0.0985. The molecule has 0 fully saturated rings. The smallest absolute Gasteiger partial charge is 0.261 e. The number of nitrogens with zero attached hydrogens (tertiary/aromatic N) is 3. The lowest BCUT2D eigenvalue weighted by atomic mass is 10.2. The minimum atomic E-state index is -0.767. The topological polar surface area (TPSA) is 36.4 Å². The fraction of sp³-hybridized carbons (Fsp3) is 0.222. The van der Waals surface area contributed by atoms with Gasteiger partial charge in [-0.2, -0.15) is 0 Å². The summed E-state index contributed by atoms with van der Waals surface area (Å²) in [5.41, 5.74) is 0.284. The molecule has 27 heavy (non-hydrogen) atoms. The van der Waals surface area contributed by atoms with E-state index in [0.29, 0.717) is 22.8 Å². The van der Waals surface area contributed by atoms with E-state index in [2.05, 4.69) is 4.98 Å². The lowest BCUT2D eigenvalue weighted by Gasteiger charge is -2.22. The SMILES string of the molecule is CN(C)CCN(C(=O)c1ccc(Cl)cc1Cl)c1nc2c(F)cc(F)cc2s1. The van der Waals surface area contributed by atoms with Crippen LogP contribution in [0, 0.1) is 11.6 Å². The Hall–Kier alpha value is -1.80. The second-order valence-electron chi connectivity index (χ2n) is 6.12. The van der Waals surface area contributed by atoms with E-state index in [9.17, 15) is 13.6 Å². The number of rotatable bonds is 5. The molecule has 0 aliphatic heterocycles. The highest BCUT2D eigenvalue weighted by Crippen LogP contribution is 2.33. The average Bonchev–Trinajstić information content (AvgIpc) is 2.98. The van der Waals surface area contributed by atoms with Gasteiger partial charge in [-0.3, -0.25) is 9.69 Å². The second-order valence-corrected chi connectivity index (χ2v) is 7.97. The number of fused-ring (bicyclic) bond motifs is 1. The van der Waals surface area contributed by atoms with E-state index in [0.717, 1.165) is 17.4 Å². The molecule has 9 heteroatoms. The predicted octanol–water partition coefficient (Wildman–Crippen LogP) is 5.09. The van der Waals surface area contributed by atoms with Crippen LogP contribution in [0.3, 0.4) is 0 Å². The monoisotopic (exact) mass is 429 g/mol. The van der Waals surface area contributed by atoms with E-state index in [1.165, 1.54) is 23.1 Å². The van der Waals surface area contributed by atoms with E-state index >= 15 is 0 Å². The number of thiazole rings is 1. The molecule has 0 saturated carbocycles. The van der Waals surface area contributed by atoms with Crippen molar-refractivity contribution in [1.29, 1.82) is 0 Å². The Balaban J connectivity index is 2.05. The molecule has 0 saturated heterocycles. The molecule has 0 aliphatic carbocycles. The zero-order valence-electron chi connectivity index (χ0n) is 14.5. The average molecular weight is 430 g/mol. The molecule has 1 aromatic heterocycles. The first-order chi connectivity index (χ1) is 12.8. The van der Waals surface area contributed by atoms with Crippen LogP contribution in [0.15, 0.2) is 30.3 Å². The fourth-order valence-corrected chi connectivity index (χ4v) is 3.97. The summed E-state index contributed by atoms with van der Waals surface area (Å²) in [5.74, 6) is -1.85. The molecule has 2 aromatic carbocycles. The van der Waals surface area contributed by atoms with Crippen LogP contribution >= 0.6 is 34.5 Å². The van der Waals surface area contributed by atoms with Gasteiger partial charge < -0.3 is 4.90 Å². The van der Waals surface area contributed by atoms with Gasteiger partial charge in [0.15, 0.2) is 10.9 Å². The van der Waals surface area contributed by atoms with E-state index < -0.39 is 17.5 Å². The summed E-state index contributed by atoms with van der Waals surface area (Å²) in [6.45, 7) is 0.846. The molecule has 1 amide bonds. The Kier molecular flexibility index (Phi) is 5.95. The van der Waals surface area contributed by atoms with Gasteiger partial charge >= 0.3 is 0 Å². The van der Waals surface area contributed by atoms with E-state index in [1.54, 1.807) is 6.07 Å². The molecule has 1 heterocycles. The fourth-order valence-electron chi connectivity index (χ4n) is 2.45. The first kappa shape index (κ1) is 19.9. The van der Waals surface area contributed by atoms with Crippen molar-refractivity contribution in [3.8, 4) is 0 Å². The van der Waals surface area contributed by atoms with Crippen LogP contribution in [-0.2, 0) is 0 Å². The van der Waals surface area contributed by atoms with Crippen LogP contribution in [0.5, 0.6) is 0 Å². The number of aromatic nitrogens is 1. The highest BCUT2D eigenvalue weighted by Gasteiger charge is 2.24. The highest BCUT2D eigenvalue weighted by atomic mass is 35.5. The molecule has 0 spiro atoms. The summed E-state index contributed by atoms with van der Waals surface area (Å²) >= 11 is 13.1. The molecule has 142 valence electrons. The van der Waals surface area contributed by atoms with E-state index in [-0.39, 0.29) is 21.2 Å². The molecule has 3 aromatic rings. The number of carbonyl (C=O) groups excluding carboxylic acids is 1. The van der Waals surface area contributed by atoms with Gasteiger partial charge in [0, 0.05) is 24.2 Å². The van der Waals surface area contributed by atoms with Gasteiger partial charge in [-0.15, -0.1) is 0 Å². The lowest BCUT2D eigenvalue weighted by Crippen LogP contribution is -2.36. The van der Waals surface area contributed by atoms with Gasteiger partial charge in [0.05, 0.1) is 15.3 Å². The standard InChI is InChI=1S/C18H15Cl2F2N3OS/c1-24(2)5-6-25(17(26)12-4-3-10(19)7-13(12)20)18-23-16-14(22)8-11(21)9-15(16)27-18/h3-4,7-9H,5-6H2,1-2H3. The molecule has 0 aliphatic rings. The van der Waals surface area contributed by atoms with E-state index in [4.69, 9.17) is 23.2 Å². The second kappa shape index (κ2) is 8.06. The summed E-state index contributed by atoms with van der Waals surface area (Å²) in [7, 11) is 3.73. The van der Waals surface area contributed by atoms with Crippen molar-refractivity contribution in [3.63, 3.8) is 0 Å². The van der Waals surface area contributed by atoms with Crippen LogP contribution < -0.4 is 4.90 Å². The predicted molar refractivity (Wildman–Crippen MR) is 106 cm³/mol. The summed E-state index contributed by atoms with van der Waals surface area (Å²) in [6, 6.07) is 6.55. The summed E-state index contributed by atoms with van der Waals surface area (Å²) in [5, 5.41) is 0.891. The zero-order chi connectivity index (χ0) is 19.7. The number of hydrogen-bond donors (Lipinski definition) is 0. The summed E-state index contributed by atoms with van der Waals surface area (Å²) in [4.78, 5) is 20.6. The Labute approximate surface area is 168 Å². The number of amides is 1. The van der Waals surface area contributed by atoms with Crippen LogP contribution in [0.25, 0.3) is 10.2 Å². The third kappa shape index (κ3) is 4.38. The van der Waals surface area contributed by atoms with Crippen LogP contribution in [-0.4, -0.2) is 43.0 Å². The molecule has 0 N–H and O–H groups in total. The van der Waals surface area contributed by atoms with Gasteiger partial charge in [-0.1, -0.05) is 34.5 Å².